The summed E-state index contributed by atoms with van der Waals surface area (Å²) >= 11 is 0. The fourth-order valence-electron chi connectivity index (χ4n) is 2.97. The lowest BCUT2D eigenvalue weighted by Gasteiger charge is -2.30. The van der Waals surface area contributed by atoms with Crippen LogP contribution >= 0.6 is 0 Å². The lowest BCUT2D eigenvalue weighted by Crippen LogP contribution is -2.39. The average Bonchev–Trinajstić information content (AvgIpc) is 2.65. The molecule has 26 heavy (non-hydrogen) atoms. The first-order chi connectivity index (χ1) is 12.5. The van der Waals surface area contributed by atoms with Crippen LogP contribution in [-0.4, -0.2) is 59.1 Å². The minimum Gasteiger partial charge on any atom is -0.383 e. The zero-order chi connectivity index (χ0) is 19.0. The molecule has 0 saturated carbocycles. The summed E-state index contributed by atoms with van der Waals surface area (Å²) in [6, 6.07) is 7.06. The highest BCUT2D eigenvalue weighted by Crippen LogP contribution is 2.23. The van der Waals surface area contributed by atoms with Crippen molar-refractivity contribution in [3.05, 3.63) is 29.8 Å². The van der Waals surface area contributed by atoms with Gasteiger partial charge < -0.3 is 15.4 Å². The molecule has 1 fully saturated rings. The summed E-state index contributed by atoms with van der Waals surface area (Å²) in [5.74, 6) is 1.10. The van der Waals surface area contributed by atoms with Gasteiger partial charge in [-0.3, -0.25) is 4.99 Å². The normalized spacial score (nSPS) is 19.3. The second-order valence-corrected chi connectivity index (χ2v) is 8.54. The number of guanidine groups is 1. The predicted molar refractivity (Wildman–Crippen MR) is 104 cm³/mol. The lowest BCUT2D eigenvalue weighted by molar-refractivity contribution is 0.203. The minimum absolute atomic E-state index is 0.359. The molecule has 7 nitrogen and oxygen atoms in total. The average molecular weight is 383 g/mol. The number of methoxy groups -OCH3 is 1. The summed E-state index contributed by atoms with van der Waals surface area (Å²) in [4.78, 5) is 4.50. The lowest BCUT2D eigenvalue weighted by atomic mass is 10.0. The van der Waals surface area contributed by atoms with Gasteiger partial charge in [0.05, 0.1) is 11.5 Å². The van der Waals surface area contributed by atoms with Crippen molar-refractivity contribution in [3.63, 3.8) is 0 Å². The molecule has 146 valence electrons. The Balaban J connectivity index is 1.95. The molecule has 1 saturated heterocycles. The molecule has 1 unspecified atom stereocenters. The van der Waals surface area contributed by atoms with Crippen molar-refractivity contribution in [2.24, 2.45) is 10.9 Å². The highest BCUT2D eigenvalue weighted by Gasteiger charge is 2.28. The first-order valence-electron chi connectivity index (χ1n) is 9.00. The van der Waals surface area contributed by atoms with E-state index in [1.807, 2.05) is 12.1 Å². The van der Waals surface area contributed by atoms with Crippen LogP contribution in [0.4, 0.5) is 0 Å². The number of sulfonamides is 1. The summed E-state index contributed by atoms with van der Waals surface area (Å²) in [6.45, 7) is 5.15. The summed E-state index contributed by atoms with van der Waals surface area (Å²) in [5.41, 5.74) is 0.991. The molecular weight excluding hydrogens is 352 g/mol. The summed E-state index contributed by atoms with van der Waals surface area (Å²) in [7, 11) is -0.0430. The summed E-state index contributed by atoms with van der Waals surface area (Å²) in [6.07, 6.45) is 2.02. The number of rotatable bonds is 7. The van der Waals surface area contributed by atoms with Gasteiger partial charge in [0.25, 0.3) is 0 Å². The molecule has 1 atom stereocenters. The maximum atomic E-state index is 12.8. The third kappa shape index (κ3) is 5.69. The topological polar surface area (TPSA) is 83.0 Å². The standard InChI is InChI=1S/C18H30N4O3S/c1-15-5-4-11-22(14-15)26(23,24)17-8-6-16(7-9-17)13-21-18(19-2)20-10-12-25-3/h6-9,15H,4-5,10-14H2,1-3H3,(H2,19,20,21). The highest BCUT2D eigenvalue weighted by molar-refractivity contribution is 7.89. The van der Waals surface area contributed by atoms with E-state index in [4.69, 9.17) is 4.74 Å². The van der Waals surface area contributed by atoms with E-state index in [1.54, 1.807) is 30.6 Å². The fourth-order valence-corrected chi connectivity index (χ4v) is 4.57. The van der Waals surface area contributed by atoms with Crippen LogP contribution in [0.3, 0.4) is 0 Å². The Labute approximate surface area is 156 Å². The largest absolute Gasteiger partial charge is 0.383 e. The van der Waals surface area contributed by atoms with E-state index in [-0.39, 0.29) is 0 Å². The Morgan fingerprint density at radius 3 is 2.65 bits per heavy atom. The molecule has 0 aromatic heterocycles. The van der Waals surface area contributed by atoms with E-state index < -0.39 is 10.0 Å². The maximum absolute atomic E-state index is 12.8. The second kappa shape index (κ2) is 9.89. The molecule has 1 aliphatic heterocycles. The Hall–Kier alpha value is -1.64. The number of ether oxygens (including phenoxy) is 1. The Kier molecular flexibility index (Phi) is 7.86. The van der Waals surface area contributed by atoms with Crippen molar-refractivity contribution < 1.29 is 13.2 Å². The maximum Gasteiger partial charge on any atom is 0.243 e. The second-order valence-electron chi connectivity index (χ2n) is 6.60. The SMILES string of the molecule is CN=C(NCCOC)NCc1ccc(S(=O)(=O)N2CCCC(C)C2)cc1. The van der Waals surface area contributed by atoms with Gasteiger partial charge in [-0.25, -0.2) is 8.42 Å². The Bertz CT molecular complexity index is 689. The van der Waals surface area contributed by atoms with Gasteiger partial charge in [0.15, 0.2) is 5.96 Å². The molecule has 2 rings (SSSR count). The van der Waals surface area contributed by atoms with Gasteiger partial charge in [0, 0.05) is 40.3 Å². The van der Waals surface area contributed by atoms with Crippen molar-refractivity contribution in [3.8, 4) is 0 Å². The molecule has 0 aliphatic carbocycles. The molecule has 2 N–H and O–H groups in total. The molecule has 0 spiro atoms. The van der Waals surface area contributed by atoms with Crippen LogP contribution in [0, 0.1) is 5.92 Å². The summed E-state index contributed by atoms with van der Waals surface area (Å²) < 4.78 is 32.1. The van der Waals surface area contributed by atoms with Crippen LogP contribution in [0.2, 0.25) is 0 Å². The third-order valence-electron chi connectivity index (χ3n) is 4.46. The Morgan fingerprint density at radius 2 is 2.04 bits per heavy atom. The van der Waals surface area contributed by atoms with Crippen LogP contribution in [0.5, 0.6) is 0 Å². The number of benzene rings is 1. The monoisotopic (exact) mass is 382 g/mol. The zero-order valence-corrected chi connectivity index (χ0v) is 16.7. The number of aliphatic imine (C=N–C) groups is 1. The van der Waals surface area contributed by atoms with Crippen LogP contribution < -0.4 is 10.6 Å². The first kappa shape index (κ1) is 20.7. The molecule has 8 heteroatoms. The molecule has 1 aliphatic rings. The van der Waals surface area contributed by atoms with Gasteiger partial charge in [-0.15, -0.1) is 0 Å². The third-order valence-corrected chi connectivity index (χ3v) is 6.34. The van der Waals surface area contributed by atoms with Gasteiger partial charge in [0.2, 0.25) is 10.0 Å². The molecule has 0 amide bonds. The van der Waals surface area contributed by atoms with Gasteiger partial charge in [-0.05, 0) is 36.5 Å². The Morgan fingerprint density at radius 1 is 1.31 bits per heavy atom. The number of nitrogens with zero attached hydrogens (tertiary/aromatic N) is 2. The number of hydrogen-bond donors (Lipinski definition) is 2. The smallest absolute Gasteiger partial charge is 0.243 e. The van der Waals surface area contributed by atoms with E-state index in [0.29, 0.717) is 49.6 Å². The van der Waals surface area contributed by atoms with Crippen molar-refractivity contribution in [1.82, 2.24) is 14.9 Å². The van der Waals surface area contributed by atoms with Crippen molar-refractivity contribution in [2.75, 3.05) is 40.4 Å². The molecule has 1 aromatic rings. The zero-order valence-electron chi connectivity index (χ0n) is 15.9. The van der Waals surface area contributed by atoms with Crippen molar-refractivity contribution >= 4 is 16.0 Å². The van der Waals surface area contributed by atoms with Crippen LogP contribution in [0.1, 0.15) is 25.3 Å². The van der Waals surface area contributed by atoms with Crippen LogP contribution in [-0.2, 0) is 21.3 Å². The van der Waals surface area contributed by atoms with Gasteiger partial charge >= 0.3 is 0 Å². The van der Waals surface area contributed by atoms with Gasteiger partial charge in [0.1, 0.15) is 0 Å². The van der Waals surface area contributed by atoms with E-state index in [9.17, 15) is 8.42 Å². The quantitative estimate of drug-likeness (QED) is 0.423. The summed E-state index contributed by atoms with van der Waals surface area (Å²) in [5, 5.41) is 6.33. The molecule has 0 bridgehead atoms. The molecule has 1 heterocycles. The van der Waals surface area contributed by atoms with Crippen molar-refractivity contribution in [2.45, 2.75) is 31.2 Å². The first-order valence-corrected chi connectivity index (χ1v) is 10.4. The minimum atomic E-state index is -3.40. The molecule has 0 radical (unpaired) electrons. The molecular formula is C18H30N4O3S. The fraction of sp³-hybridized carbons (Fsp3) is 0.611. The highest BCUT2D eigenvalue weighted by atomic mass is 32.2. The van der Waals surface area contributed by atoms with Gasteiger partial charge in [-0.1, -0.05) is 19.1 Å². The van der Waals surface area contributed by atoms with Crippen LogP contribution in [0.25, 0.3) is 0 Å². The predicted octanol–water partition coefficient (Wildman–Crippen LogP) is 1.42. The van der Waals surface area contributed by atoms with E-state index >= 15 is 0 Å². The number of nitrogens with one attached hydrogen (secondary N) is 2. The van der Waals surface area contributed by atoms with Gasteiger partial charge in [-0.2, -0.15) is 4.31 Å². The van der Waals surface area contributed by atoms with Crippen LogP contribution in [0.15, 0.2) is 34.2 Å². The number of piperidine rings is 1. The van der Waals surface area contributed by atoms with E-state index in [2.05, 4.69) is 22.5 Å². The van der Waals surface area contributed by atoms with E-state index in [0.717, 1.165) is 18.4 Å². The number of hydrogen-bond acceptors (Lipinski definition) is 4. The molecule has 1 aromatic carbocycles. The van der Waals surface area contributed by atoms with Crippen molar-refractivity contribution in [1.29, 1.82) is 0 Å². The van der Waals surface area contributed by atoms with E-state index in [1.165, 1.54) is 0 Å².